The van der Waals surface area contributed by atoms with E-state index < -0.39 is 0 Å². The molecule has 0 aliphatic carbocycles. The maximum absolute atomic E-state index is 5.70. The van der Waals surface area contributed by atoms with E-state index in [2.05, 4.69) is 20.3 Å². The number of fused-ring (bicyclic) bond motifs is 1. The highest BCUT2D eigenvalue weighted by atomic mass is 35.5. The van der Waals surface area contributed by atoms with Crippen molar-refractivity contribution >= 4 is 41.0 Å². The first-order chi connectivity index (χ1) is 5.27. The lowest BCUT2D eigenvalue weighted by Gasteiger charge is -1.90. The molecule has 55 valence electrons. The fraction of sp³-hybridized carbons (Fsp3) is 0. The van der Waals surface area contributed by atoms with Crippen LogP contribution in [0.15, 0.2) is 0 Å². The number of halogens is 2. The summed E-state index contributed by atoms with van der Waals surface area (Å²) < 4.78 is 0. The second-order valence-corrected chi connectivity index (χ2v) is 2.58. The number of aliphatic imine (C=N–C) groups is 1. The van der Waals surface area contributed by atoms with Crippen molar-refractivity contribution in [1.82, 2.24) is 15.0 Å². The van der Waals surface area contributed by atoms with E-state index in [1.165, 1.54) is 6.34 Å². The molecule has 11 heavy (non-hydrogen) atoms. The van der Waals surface area contributed by atoms with Crippen LogP contribution in [0.25, 0.3) is 0 Å². The van der Waals surface area contributed by atoms with Gasteiger partial charge >= 0.3 is 11.1 Å². The Bertz CT molecular complexity index is 335. The van der Waals surface area contributed by atoms with Gasteiger partial charge in [-0.3, -0.25) is 5.32 Å². The zero-order valence-electron chi connectivity index (χ0n) is 5.17. The van der Waals surface area contributed by atoms with Crippen LogP contribution >= 0.6 is 23.2 Å². The predicted molar refractivity (Wildman–Crippen MR) is 43.5 cm³/mol. The van der Waals surface area contributed by atoms with E-state index >= 15 is 0 Å². The first-order valence-corrected chi connectivity index (χ1v) is 3.55. The zero-order valence-corrected chi connectivity index (χ0v) is 6.69. The van der Waals surface area contributed by atoms with Crippen LogP contribution in [0, 0.1) is 0 Å². The molecule has 2 rings (SSSR count). The highest BCUT2D eigenvalue weighted by molar-refractivity contribution is 6.34. The molecule has 0 amide bonds. The van der Waals surface area contributed by atoms with Crippen LogP contribution in [0.5, 0.6) is 0 Å². The molecule has 0 aromatic carbocycles. The molecule has 1 aromatic rings. The van der Waals surface area contributed by atoms with Crippen molar-refractivity contribution in [3.05, 3.63) is 10.4 Å². The molecule has 1 aliphatic heterocycles. The summed E-state index contributed by atoms with van der Waals surface area (Å²) in [5.41, 5.74) is 0.607. The molecule has 1 radical (unpaired) electrons. The molecule has 1 aliphatic rings. The Morgan fingerprint density at radius 2 is 2.18 bits per heavy atom. The molecule has 0 unspecified atom stereocenters. The van der Waals surface area contributed by atoms with Crippen LogP contribution in [-0.4, -0.2) is 16.3 Å². The lowest BCUT2D eigenvalue weighted by molar-refractivity contribution is 1.14. The molecule has 1 aromatic heterocycles. The summed E-state index contributed by atoms with van der Waals surface area (Å²) in [6, 6.07) is 0. The lowest BCUT2D eigenvalue weighted by Crippen LogP contribution is -1.91. The Labute approximate surface area is 72.3 Å². The van der Waals surface area contributed by atoms with Gasteiger partial charge < -0.3 is 0 Å². The monoisotopic (exact) mass is 188 g/mol. The topological polar surface area (TPSA) is 51.9 Å². The fourth-order valence-corrected chi connectivity index (χ4v) is 1.20. The van der Waals surface area contributed by atoms with Gasteiger partial charge in [0.2, 0.25) is 12.0 Å². The fourth-order valence-electron chi connectivity index (χ4n) is 0.773. The van der Waals surface area contributed by atoms with E-state index in [9.17, 15) is 0 Å². The van der Waals surface area contributed by atoms with Crippen LogP contribution in [0.1, 0.15) is 0 Å². The summed E-state index contributed by atoms with van der Waals surface area (Å²) in [6.45, 7) is 0. The molecule has 6 heteroatoms. The number of hydrogen-bond acceptors (Lipinski definition) is 4. The van der Waals surface area contributed by atoms with Gasteiger partial charge in [-0.05, 0) is 11.6 Å². The van der Waals surface area contributed by atoms with Crippen LogP contribution in [-0.2, 0) is 0 Å². The van der Waals surface area contributed by atoms with Crippen LogP contribution in [0.4, 0.5) is 11.5 Å². The molecule has 0 fully saturated rings. The van der Waals surface area contributed by atoms with Gasteiger partial charge in [0.05, 0.1) is 0 Å². The molecule has 0 saturated heterocycles. The van der Waals surface area contributed by atoms with E-state index in [0.29, 0.717) is 11.5 Å². The molecular formula is C5H2Cl2N4+. The van der Waals surface area contributed by atoms with Crippen LogP contribution in [0.3, 0.4) is 0 Å². The third kappa shape index (κ3) is 1.04. The molecule has 0 bridgehead atoms. The number of nitrogens with one attached hydrogen (secondary N) is 1. The molecular weight excluding hydrogens is 187 g/mol. The SMILES string of the molecule is Clc1nc(Cl)c2c(n1)[N+]=CN2. The van der Waals surface area contributed by atoms with Gasteiger partial charge in [-0.25, -0.2) is 0 Å². The third-order valence-corrected chi connectivity index (χ3v) is 1.66. The van der Waals surface area contributed by atoms with Crippen molar-refractivity contribution in [2.24, 2.45) is 0 Å². The van der Waals surface area contributed by atoms with Gasteiger partial charge in [0.15, 0.2) is 5.15 Å². The first-order valence-electron chi connectivity index (χ1n) is 2.79. The third-order valence-electron chi connectivity index (χ3n) is 1.21. The first kappa shape index (κ1) is 6.82. The Morgan fingerprint density at radius 1 is 1.36 bits per heavy atom. The maximum Gasteiger partial charge on any atom is 0.342 e. The van der Waals surface area contributed by atoms with Crippen molar-refractivity contribution in [1.29, 1.82) is 0 Å². The highest BCUT2D eigenvalue weighted by Crippen LogP contribution is 2.28. The van der Waals surface area contributed by atoms with Gasteiger partial charge in [0, 0.05) is 0 Å². The van der Waals surface area contributed by atoms with Gasteiger partial charge in [-0.1, -0.05) is 21.6 Å². The summed E-state index contributed by atoms with van der Waals surface area (Å²) >= 11 is 11.2. The van der Waals surface area contributed by atoms with E-state index in [-0.39, 0.29) is 10.4 Å². The molecule has 0 atom stereocenters. The smallest absolute Gasteiger partial charge is 0.269 e. The second kappa shape index (κ2) is 2.32. The number of nitrogens with zero attached hydrogens (tertiary/aromatic N) is 3. The summed E-state index contributed by atoms with van der Waals surface area (Å²) in [5, 5.41) is 3.18. The number of rotatable bonds is 0. The quantitative estimate of drug-likeness (QED) is 0.492. The van der Waals surface area contributed by atoms with Crippen molar-refractivity contribution in [3.8, 4) is 0 Å². The lowest BCUT2D eigenvalue weighted by atomic mass is 10.5. The van der Waals surface area contributed by atoms with E-state index in [4.69, 9.17) is 23.2 Å². The minimum Gasteiger partial charge on any atom is -0.269 e. The zero-order chi connectivity index (χ0) is 7.84. The van der Waals surface area contributed by atoms with Gasteiger partial charge in [0.1, 0.15) is 0 Å². The summed E-state index contributed by atoms with van der Waals surface area (Å²) in [7, 11) is 0. The highest BCUT2D eigenvalue weighted by Gasteiger charge is 2.23. The molecule has 2 heterocycles. The normalized spacial score (nSPS) is 12.9. The minimum atomic E-state index is 0.106. The Balaban J connectivity index is 2.66. The summed E-state index contributed by atoms with van der Waals surface area (Å²) in [6.07, 6.45) is 1.49. The van der Waals surface area contributed by atoms with Crippen molar-refractivity contribution in [2.75, 3.05) is 5.32 Å². The van der Waals surface area contributed by atoms with E-state index in [0.717, 1.165) is 0 Å². The van der Waals surface area contributed by atoms with Gasteiger partial charge in [0.25, 0.3) is 0 Å². The number of anilines is 1. The Hall–Kier alpha value is -0.870. The maximum atomic E-state index is 5.70. The number of aromatic nitrogens is 2. The summed E-state index contributed by atoms with van der Waals surface area (Å²) in [4.78, 5) is 11.4. The van der Waals surface area contributed by atoms with Crippen molar-refractivity contribution in [3.63, 3.8) is 0 Å². The van der Waals surface area contributed by atoms with E-state index in [1.807, 2.05) is 0 Å². The average Bonchev–Trinajstić information content (AvgIpc) is 2.34. The number of hydrogen-bond donors (Lipinski definition) is 1. The van der Waals surface area contributed by atoms with Crippen LogP contribution < -0.4 is 10.3 Å². The molecule has 0 spiro atoms. The van der Waals surface area contributed by atoms with Gasteiger partial charge in [-0.15, -0.1) is 0 Å². The Morgan fingerprint density at radius 3 is 3.00 bits per heavy atom. The minimum absolute atomic E-state index is 0.106. The largest absolute Gasteiger partial charge is 0.342 e. The van der Waals surface area contributed by atoms with E-state index in [1.54, 1.807) is 0 Å². The predicted octanol–water partition coefficient (Wildman–Crippen LogP) is 1.20. The molecule has 0 saturated carbocycles. The standard InChI is InChI=1S/C5H2Cl2N4/c6-3-2-4(9-1-8-2)11-5(7)10-3/h1,8H/q+1. The Kier molecular flexibility index (Phi) is 1.44. The average molecular weight is 189 g/mol. The van der Waals surface area contributed by atoms with Gasteiger partial charge in [-0.2, -0.15) is 4.98 Å². The van der Waals surface area contributed by atoms with Crippen molar-refractivity contribution < 1.29 is 0 Å². The molecule has 1 N–H and O–H groups in total. The second-order valence-electron chi connectivity index (χ2n) is 1.88. The van der Waals surface area contributed by atoms with Crippen molar-refractivity contribution in [2.45, 2.75) is 0 Å². The van der Waals surface area contributed by atoms with Crippen LogP contribution in [0.2, 0.25) is 10.4 Å². The summed E-state index contributed by atoms with van der Waals surface area (Å²) in [5.74, 6) is 0.481. The molecule has 4 nitrogen and oxygen atoms in total.